The molecule has 118 valence electrons. The van der Waals surface area contributed by atoms with Crippen molar-refractivity contribution in [3.05, 3.63) is 70.8 Å². The smallest absolute Gasteiger partial charge is 0.347 e. The van der Waals surface area contributed by atoms with Crippen molar-refractivity contribution in [3.8, 4) is 0 Å². The second kappa shape index (κ2) is 5.11. The molecule has 2 heterocycles. The van der Waals surface area contributed by atoms with Gasteiger partial charge in [0.2, 0.25) is 0 Å². The van der Waals surface area contributed by atoms with Gasteiger partial charge in [0.05, 0.1) is 18.2 Å². The van der Waals surface area contributed by atoms with Crippen molar-refractivity contribution in [3.63, 3.8) is 0 Å². The van der Waals surface area contributed by atoms with Gasteiger partial charge in [0.15, 0.2) is 0 Å². The lowest BCUT2D eigenvalue weighted by Crippen LogP contribution is -2.38. The van der Waals surface area contributed by atoms with Gasteiger partial charge in [-0.1, -0.05) is 36.4 Å². The molecule has 0 saturated heterocycles. The third kappa shape index (κ3) is 2.40. The Bertz CT molecular complexity index is 780. The van der Waals surface area contributed by atoms with Crippen LogP contribution in [-0.4, -0.2) is 23.8 Å². The van der Waals surface area contributed by atoms with E-state index in [9.17, 15) is 13.2 Å². The van der Waals surface area contributed by atoms with Crippen molar-refractivity contribution in [2.24, 2.45) is 4.99 Å². The molecule has 4 rings (SSSR count). The molecule has 0 spiro atoms. The number of fused-ring (bicyclic) bond motifs is 3. The minimum absolute atomic E-state index is 0.0894. The topological polar surface area (TPSA) is 15.6 Å². The first-order valence-corrected chi connectivity index (χ1v) is 7.60. The summed E-state index contributed by atoms with van der Waals surface area (Å²) in [5, 5.41) is 0. The zero-order valence-electron chi connectivity index (χ0n) is 12.3. The molecule has 0 amide bonds. The van der Waals surface area contributed by atoms with Gasteiger partial charge in [0.25, 0.3) is 0 Å². The first-order valence-electron chi connectivity index (χ1n) is 7.60. The standard InChI is InChI=1S/C18H15F3N2/c19-18(20,21)14-6-3-5-13(10-14)16-11-12-4-1-2-7-15(12)17-22-8-9-23(16)17/h1-7,10,16H,8-9,11H2. The summed E-state index contributed by atoms with van der Waals surface area (Å²) >= 11 is 0. The number of alkyl halides is 3. The lowest BCUT2D eigenvalue weighted by Gasteiger charge is -2.36. The fourth-order valence-corrected chi connectivity index (χ4v) is 3.46. The lowest BCUT2D eigenvalue weighted by atomic mass is 9.89. The second-order valence-electron chi connectivity index (χ2n) is 5.90. The molecule has 1 unspecified atom stereocenters. The number of hydrogen-bond donors (Lipinski definition) is 0. The summed E-state index contributed by atoms with van der Waals surface area (Å²) in [7, 11) is 0. The van der Waals surface area contributed by atoms with Gasteiger partial charge >= 0.3 is 6.18 Å². The highest BCUT2D eigenvalue weighted by molar-refractivity contribution is 6.02. The predicted octanol–water partition coefficient (Wildman–Crippen LogP) is 4.07. The van der Waals surface area contributed by atoms with E-state index in [0.29, 0.717) is 18.5 Å². The van der Waals surface area contributed by atoms with Gasteiger partial charge in [-0.25, -0.2) is 0 Å². The highest BCUT2D eigenvalue weighted by atomic mass is 19.4. The van der Waals surface area contributed by atoms with Crippen LogP contribution in [0, 0.1) is 0 Å². The van der Waals surface area contributed by atoms with Gasteiger partial charge in [0, 0.05) is 12.1 Å². The SMILES string of the molecule is FC(F)(F)c1cccc(C2Cc3ccccc3C3=NCCN32)c1. The first-order chi connectivity index (χ1) is 11.0. The summed E-state index contributed by atoms with van der Waals surface area (Å²) in [6, 6.07) is 13.6. The quantitative estimate of drug-likeness (QED) is 0.774. The summed E-state index contributed by atoms with van der Waals surface area (Å²) < 4.78 is 39.0. The normalized spacial score (nSPS) is 20.0. The molecule has 2 aliphatic heterocycles. The van der Waals surface area contributed by atoms with E-state index in [1.54, 1.807) is 6.07 Å². The zero-order chi connectivity index (χ0) is 16.0. The number of aliphatic imine (C=N–C) groups is 1. The summed E-state index contributed by atoms with van der Waals surface area (Å²) in [6.45, 7) is 1.45. The largest absolute Gasteiger partial charge is 0.416 e. The average molecular weight is 316 g/mol. The van der Waals surface area contributed by atoms with Crippen LogP contribution < -0.4 is 0 Å². The summed E-state index contributed by atoms with van der Waals surface area (Å²) in [5.41, 5.74) is 2.36. The second-order valence-corrected chi connectivity index (χ2v) is 5.90. The van der Waals surface area contributed by atoms with Crippen molar-refractivity contribution in [1.82, 2.24) is 4.90 Å². The van der Waals surface area contributed by atoms with Crippen LogP contribution in [0.1, 0.15) is 28.3 Å². The Balaban J connectivity index is 1.78. The molecule has 0 aromatic heterocycles. The van der Waals surface area contributed by atoms with Gasteiger partial charge in [-0.05, 0) is 29.7 Å². The molecular weight excluding hydrogens is 301 g/mol. The highest BCUT2D eigenvalue weighted by Gasteiger charge is 2.35. The fraction of sp³-hybridized carbons (Fsp3) is 0.278. The number of halogens is 3. The zero-order valence-corrected chi connectivity index (χ0v) is 12.3. The summed E-state index contributed by atoms with van der Waals surface area (Å²) in [6.07, 6.45) is -3.61. The molecule has 1 atom stereocenters. The predicted molar refractivity (Wildman–Crippen MR) is 82.4 cm³/mol. The molecule has 2 aromatic rings. The molecule has 0 N–H and O–H groups in total. The molecule has 2 nitrogen and oxygen atoms in total. The van der Waals surface area contributed by atoms with Crippen LogP contribution in [0.25, 0.3) is 0 Å². The van der Waals surface area contributed by atoms with Crippen molar-refractivity contribution < 1.29 is 13.2 Å². The van der Waals surface area contributed by atoms with Crippen LogP contribution >= 0.6 is 0 Å². The van der Waals surface area contributed by atoms with Gasteiger partial charge < -0.3 is 4.90 Å². The van der Waals surface area contributed by atoms with E-state index >= 15 is 0 Å². The Morgan fingerprint density at radius 2 is 1.87 bits per heavy atom. The van der Waals surface area contributed by atoms with Crippen molar-refractivity contribution in [2.45, 2.75) is 18.6 Å². The van der Waals surface area contributed by atoms with Gasteiger partial charge in [-0.15, -0.1) is 0 Å². The number of rotatable bonds is 1. The Morgan fingerprint density at radius 3 is 2.70 bits per heavy atom. The Kier molecular flexibility index (Phi) is 3.18. The molecule has 0 saturated carbocycles. The van der Waals surface area contributed by atoms with E-state index in [1.807, 2.05) is 24.3 Å². The Labute approximate surface area is 132 Å². The molecule has 0 bridgehead atoms. The van der Waals surface area contributed by atoms with Crippen LogP contribution in [0.4, 0.5) is 13.2 Å². The van der Waals surface area contributed by atoms with Crippen LogP contribution in [0.2, 0.25) is 0 Å². The van der Waals surface area contributed by atoms with E-state index in [1.165, 1.54) is 12.1 Å². The van der Waals surface area contributed by atoms with E-state index in [-0.39, 0.29) is 6.04 Å². The molecule has 23 heavy (non-hydrogen) atoms. The number of hydrogen-bond acceptors (Lipinski definition) is 2. The third-order valence-electron chi connectivity index (χ3n) is 4.52. The van der Waals surface area contributed by atoms with Crippen molar-refractivity contribution in [1.29, 1.82) is 0 Å². The lowest BCUT2D eigenvalue weighted by molar-refractivity contribution is -0.137. The third-order valence-corrected chi connectivity index (χ3v) is 4.52. The van der Waals surface area contributed by atoms with Crippen LogP contribution in [0.15, 0.2) is 53.5 Å². The van der Waals surface area contributed by atoms with E-state index in [2.05, 4.69) is 9.89 Å². The molecule has 0 fully saturated rings. The van der Waals surface area contributed by atoms with Crippen LogP contribution in [-0.2, 0) is 12.6 Å². The Morgan fingerprint density at radius 1 is 1.04 bits per heavy atom. The van der Waals surface area contributed by atoms with E-state index in [4.69, 9.17) is 0 Å². The molecule has 0 aliphatic carbocycles. The molecular formula is C18H15F3N2. The van der Waals surface area contributed by atoms with E-state index < -0.39 is 11.7 Å². The molecule has 0 radical (unpaired) electrons. The number of nitrogens with zero attached hydrogens (tertiary/aromatic N) is 2. The molecule has 2 aliphatic rings. The van der Waals surface area contributed by atoms with Crippen molar-refractivity contribution in [2.75, 3.05) is 13.1 Å². The van der Waals surface area contributed by atoms with Crippen molar-refractivity contribution >= 4 is 5.84 Å². The Hall–Kier alpha value is -2.30. The van der Waals surface area contributed by atoms with E-state index in [0.717, 1.165) is 29.6 Å². The number of benzene rings is 2. The minimum atomic E-state index is -4.31. The van der Waals surface area contributed by atoms with Crippen LogP contribution in [0.3, 0.4) is 0 Å². The van der Waals surface area contributed by atoms with Gasteiger partial charge in [-0.2, -0.15) is 13.2 Å². The maximum atomic E-state index is 13.0. The number of amidine groups is 1. The maximum absolute atomic E-state index is 13.0. The van der Waals surface area contributed by atoms with Gasteiger partial charge in [-0.3, -0.25) is 4.99 Å². The maximum Gasteiger partial charge on any atom is 0.416 e. The summed E-state index contributed by atoms with van der Waals surface area (Å²) in [4.78, 5) is 6.70. The molecule has 2 aromatic carbocycles. The van der Waals surface area contributed by atoms with Gasteiger partial charge in [0.1, 0.15) is 5.84 Å². The highest BCUT2D eigenvalue weighted by Crippen LogP contribution is 2.37. The monoisotopic (exact) mass is 316 g/mol. The molecule has 5 heteroatoms. The average Bonchev–Trinajstić information content (AvgIpc) is 3.03. The summed E-state index contributed by atoms with van der Waals surface area (Å²) in [5.74, 6) is 0.911. The van der Waals surface area contributed by atoms with Crippen LogP contribution in [0.5, 0.6) is 0 Å². The minimum Gasteiger partial charge on any atom is -0.347 e. The first kappa shape index (κ1) is 14.3. The fourth-order valence-electron chi connectivity index (χ4n) is 3.46.